The van der Waals surface area contributed by atoms with Crippen LogP contribution in [0, 0.1) is 6.92 Å². The molecule has 0 unspecified atom stereocenters. The standard InChI is InChI=1S/C25H32N4O4S/c1-18(2)25-21(16-28(27-25)15-20-6-5-7-23(12-20)32-4)14-26-22-9-8-19(3)24(13-22)34(30,31)29-10-11-33-17-29/h5-9,12-13,16,18,26H,10-11,14-15,17H2,1-4H3. The van der Waals surface area contributed by atoms with E-state index in [0.717, 1.165) is 28.3 Å². The molecule has 9 heteroatoms. The second kappa shape index (κ2) is 10.2. The average Bonchev–Trinajstić information content (AvgIpc) is 3.49. The van der Waals surface area contributed by atoms with Gasteiger partial charge in [0.25, 0.3) is 0 Å². The summed E-state index contributed by atoms with van der Waals surface area (Å²) in [7, 11) is -1.93. The number of methoxy groups -OCH3 is 1. The lowest BCUT2D eigenvalue weighted by atomic mass is 10.1. The minimum Gasteiger partial charge on any atom is -0.497 e. The Labute approximate surface area is 201 Å². The number of sulfonamides is 1. The van der Waals surface area contributed by atoms with E-state index in [-0.39, 0.29) is 12.6 Å². The first-order valence-electron chi connectivity index (χ1n) is 11.4. The normalized spacial score (nSPS) is 14.6. The van der Waals surface area contributed by atoms with Gasteiger partial charge in [-0.2, -0.15) is 9.40 Å². The highest BCUT2D eigenvalue weighted by atomic mass is 32.2. The fraction of sp³-hybridized carbons (Fsp3) is 0.400. The summed E-state index contributed by atoms with van der Waals surface area (Å²) in [5.41, 5.74) is 4.67. The van der Waals surface area contributed by atoms with E-state index >= 15 is 0 Å². The fourth-order valence-electron chi connectivity index (χ4n) is 4.05. The van der Waals surface area contributed by atoms with Crippen LogP contribution < -0.4 is 10.1 Å². The van der Waals surface area contributed by atoms with Crippen molar-refractivity contribution in [1.29, 1.82) is 0 Å². The van der Waals surface area contributed by atoms with Crippen LogP contribution in [0.3, 0.4) is 0 Å². The molecule has 8 nitrogen and oxygen atoms in total. The molecule has 1 fully saturated rings. The van der Waals surface area contributed by atoms with Crippen LogP contribution in [0.2, 0.25) is 0 Å². The van der Waals surface area contributed by atoms with Crippen LogP contribution in [-0.2, 0) is 27.8 Å². The number of benzene rings is 2. The van der Waals surface area contributed by atoms with Gasteiger partial charge in [0.2, 0.25) is 10.0 Å². The van der Waals surface area contributed by atoms with Crippen molar-refractivity contribution in [2.75, 3.05) is 32.3 Å². The van der Waals surface area contributed by atoms with Crippen molar-refractivity contribution in [1.82, 2.24) is 14.1 Å². The molecule has 0 bridgehead atoms. The van der Waals surface area contributed by atoms with E-state index in [4.69, 9.17) is 14.6 Å². The Morgan fingerprint density at radius 2 is 2.03 bits per heavy atom. The van der Waals surface area contributed by atoms with Gasteiger partial charge in [0.15, 0.2) is 0 Å². The Morgan fingerprint density at radius 3 is 2.74 bits per heavy atom. The zero-order valence-electron chi connectivity index (χ0n) is 20.1. The largest absolute Gasteiger partial charge is 0.497 e. The van der Waals surface area contributed by atoms with Crippen molar-refractivity contribution in [3.63, 3.8) is 0 Å². The minimum atomic E-state index is -3.59. The van der Waals surface area contributed by atoms with Crippen LogP contribution in [0.4, 0.5) is 5.69 Å². The van der Waals surface area contributed by atoms with Crippen LogP contribution in [0.25, 0.3) is 0 Å². The van der Waals surface area contributed by atoms with Gasteiger partial charge >= 0.3 is 0 Å². The van der Waals surface area contributed by atoms with E-state index < -0.39 is 10.0 Å². The molecular weight excluding hydrogens is 452 g/mol. The quantitative estimate of drug-likeness (QED) is 0.495. The van der Waals surface area contributed by atoms with Gasteiger partial charge in [-0.1, -0.05) is 32.0 Å². The number of hydrogen-bond acceptors (Lipinski definition) is 6. The lowest BCUT2D eigenvalue weighted by Crippen LogP contribution is -2.29. The predicted octanol–water partition coefficient (Wildman–Crippen LogP) is 3.96. The van der Waals surface area contributed by atoms with Crippen LogP contribution in [-0.4, -0.2) is 49.5 Å². The van der Waals surface area contributed by atoms with E-state index in [9.17, 15) is 8.42 Å². The Morgan fingerprint density at radius 1 is 1.21 bits per heavy atom. The van der Waals surface area contributed by atoms with Crippen molar-refractivity contribution in [3.8, 4) is 5.75 Å². The first-order chi connectivity index (χ1) is 16.3. The highest BCUT2D eigenvalue weighted by Gasteiger charge is 2.29. The van der Waals surface area contributed by atoms with Crippen molar-refractivity contribution >= 4 is 15.7 Å². The molecule has 1 saturated heterocycles. The summed E-state index contributed by atoms with van der Waals surface area (Å²) in [6, 6.07) is 13.4. The van der Waals surface area contributed by atoms with Gasteiger partial charge in [0.05, 0.1) is 30.9 Å². The summed E-state index contributed by atoms with van der Waals surface area (Å²) in [6.07, 6.45) is 2.05. The van der Waals surface area contributed by atoms with E-state index in [0.29, 0.717) is 36.7 Å². The van der Waals surface area contributed by atoms with Gasteiger partial charge in [-0.15, -0.1) is 0 Å². The molecule has 0 spiro atoms. The number of nitrogens with one attached hydrogen (secondary N) is 1. The smallest absolute Gasteiger partial charge is 0.245 e. The first kappa shape index (κ1) is 24.3. The summed E-state index contributed by atoms with van der Waals surface area (Å²) >= 11 is 0. The van der Waals surface area contributed by atoms with E-state index in [1.54, 1.807) is 13.2 Å². The van der Waals surface area contributed by atoms with Gasteiger partial charge < -0.3 is 14.8 Å². The highest BCUT2D eigenvalue weighted by Crippen LogP contribution is 2.26. The highest BCUT2D eigenvalue weighted by molar-refractivity contribution is 7.89. The number of hydrogen-bond donors (Lipinski definition) is 1. The van der Waals surface area contributed by atoms with E-state index in [1.165, 1.54) is 4.31 Å². The molecular formula is C25H32N4O4S. The SMILES string of the molecule is COc1cccc(Cn2cc(CNc3ccc(C)c(S(=O)(=O)N4CCOC4)c3)c(C(C)C)n2)c1. The maximum absolute atomic E-state index is 13.0. The number of anilines is 1. The Bertz CT molecular complexity index is 1250. The average molecular weight is 485 g/mol. The van der Waals surface area contributed by atoms with Gasteiger partial charge in [0, 0.05) is 30.5 Å². The lowest BCUT2D eigenvalue weighted by Gasteiger charge is -2.17. The van der Waals surface area contributed by atoms with Crippen molar-refractivity contribution in [3.05, 3.63) is 71.0 Å². The molecule has 0 radical (unpaired) electrons. The number of aromatic nitrogens is 2. The molecule has 2 aromatic carbocycles. The number of aryl methyl sites for hydroxylation is 1. The molecule has 1 aromatic heterocycles. The van der Waals surface area contributed by atoms with Crippen molar-refractivity contribution in [2.24, 2.45) is 0 Å². The van der Waals surface area contributed by atoms with Crippen LogP contribution in [0.15, 0.2) is 53.6 Å². The number of nitrogens with zero attached hydrogens (tertiary/aromatic N) is 3. The Hall–Kier alpha value is -2.88. The van der Waals surface area contributed by atoms with Gasteiger partial charge in [-0.05, 0) is 48.2 Å². The number of ether oxygens (including phenoxy) is 2. The Kier molecular flexibility index (Phi) is 7.25. The maximum atomic E-state index is 13.0. The zero-order valence-corrected chi connectivity index (χ0v) is 20.9. The molecule has 0 atom stereocenters. The second-order valence-corrected chi connectivity index (χ2v) is 10.7. The van der Waals surface area contributed by atoms with Crippen molar-refractivity contribution in [2.45, 2.75) is 44.7 Å². The third kappa shape index (κ3) is 5.27. The van der Waals surface area contributed by atoms with E-state index in [2.05, 4.69) is 31.4 Å². The second-order valence-electron chi connectivity index (χ2n) is 8.80. The third-order valence-corrected chi connectivity index (χ3v) is 7.87. The van der Waals surface area contributed by atoms with Gasteiger partial charge in [0.1, 0.15) is 12.5 Å². The predicted molar refractivity (Wildman–Crippen MR) is 132 cm³/mol. The molecule has 0 aliphatic carbocycles. The summed E-state index contributed by atoms with van der Waals surface area (Å²) in [5, 5.41) is 8.21. The van der Waals surface area contributed by atoms with Crippen LogP contribution in [0.1, 0.15) is 42.1 Å². The summed E-state index contributed by atoms with van der Waals surface area (Å²) in [5.74, 6) is 1.08. The first-order valence-corrected chi connectivity index (χ1v) is 12.8. The molecule has 1 N–H and O–H groups in total. The van der Waals surface area contributed by atoms with Crippen LogP contribution in [0.5, 0.6) is 5.75 Å². The van der Waals surface area contributed by atoms with E-state index in [1.807, 2.05) is 41.9 Å². The zero-order chi connectivity index (χ0) is 24.3. The molecule has 2 heterocycles. The topological polar surface area (TPSA) is 85.7 Å². The van der Waals surface area contributed by atoms with Gasteiger partial charge in [-0.25, -0.2) is 8.42 Å². The molecule has 0 saturated carbocycles. The minimum absolute atomic E-state index is 0.101. The molecule has 3 aromatic rings. The summed E-state index contributed by atoms with van der Waals surface area (Å²) < 4.78 is 40.0. The van der Waals surface area contributed by atoms with Crippen LogP contribution >= 0.6 is 0 Å². The Balaban J connectivity index is 1.53. The lowest BCUT2D eigenvalue weighted by molar-refractivity contribution is 0.172. The third-order valence-electron chi connectivity index (χ3n) is 5.90. The van der Waals surface area contributed by atoms with Crippen molar-refractivity contribution < 1.29 is 17.9 Å². The monoisotopic (exact) mass is 484 g/mol. The molecule has 182 valence electrons. The molecule has 4 rings (SSSR count). The maximum Gasteiger partial charge on any atom is 0.245 e. The number of rotatable bonds is 9. The molecule has 34 heavy (non-hydrogen) atoms. The molecule has 0 amide bonds. The summed E-state index contributed by atoms with van der Waals surface area (Å²) in [6.45, 7) is 8.14. The fourth-order valence-corrected chi connectivity index (χ4v) is 5.61. The molecule has 1 aliphatic rings. The summed E-state index contributed by atoms with van der Waals surface area (Å²) in [4.78, 5) is 0.306. The van der Waals surface area contributed by atoms with Gasteiger partial charge in [-0.3, -0.25) is 4.68 Å². The molecule has 1 aliphatic heterocycles.